The molecule has 3 aromatic rings. The zero-order valence-electron chi connectivity index (χ0n) is 16.2. The lowest BCUT2D eigenvalue weighted by molar-refractivity contribution is -0.130. The fourth-order valence-electron chi connectivity index (χ4n) is 3.29. The van der Waals surface area contributed by atoms with E-state index in [1.54, 1.807) is 17.8 Å². The Hall–Kier alpha value is -3.45. The Labute approximate surface area is 178 Å². The Morgan fingerprint density at radius 3 is 2.70 bits per heavy atom. The highest BCUT2D eigenvalue weighted by Crippen LogP contribution is 2.44. The molecule has 0 spiro atoms. The maximum absolute atomic E-state index is 12.5. The summed E-state index contributed by atoms with van der Waals surface area (Å²) in [7, 11) is 0. The molecule has 2 aliphatic rings. The Kier molecular flexibility index (Phi) is 4.80. The molecule has 0 fully saturated rings. The number of carbonyl (C=O) groups is 1. The molecule has 6 nitrogen and oxygen atoms in total. The number of nitrogens with one attached hydrogen (secondary N) is 2. The molecule has 1 amide bonds. The Balaban J connectivity index is 1.28. The molecule has 2 N–H and O–H groups in total. The number of carbonyl (C=O) groups excluding carboxylic acids is 1. The van der Waals surface area contributed by atoms with Crippen LogP contribution in [0.15, 0.2) is 81.6 Å². The van der Waals surface area contributed by atoms with Crippen molar-refractivity contribution in [2.75, 3.05) is 11.9 Å². The first-order valence-corrected chi connectivity index (χ1v) is 10.4. The van der Waals surface area contributed by atoms with Gasteiger partial charge in [0, 0.05) is 9.79 Å². The number of benzene rings is 3. The molecular formula is C23H19N3O3S. The predicted molar refractivity (Wildman–Crippen MR) is 117 cm³/mol. The van der Waals surface area contributed by atoms with Crippen molar-refractivity contribution in [3.63, 3.8) is 0 Å². The summed E-state index contributed by atoms with van der Waals surface area (Å²) in [5.74, 6) is 0.856. The highest BCUT2D eigenvalue weighted by atomic mass is 32.2. The van der Waals surface area contributed by atoms with E-state index in [9.17, 15) is 4.79 Å². The molecule has 3 aromatic carbocycles. The Morgan fingerprint density at radius 1 is 1.03 bits per heavy atom. The minimum Gasteiger partial charge on any atom is -0.485 e. The van der Waals surface area contributed by atoms with Crippen LogP contribution in [-0.2, 0) is 4.79 Å². The summed E-state index contributed by atoms with van der Waals surface area (Å²) in [5, 5.41) is 7.73. The summed E-state index contributed by atoms with van der Waals surface area (Å²) < 4.78 is 11.3. The maximum Gasteiger partial charge on any atom is 0.284 e. The van der Waals surface area contributed by atoms with E-state index in [-0.39, 0.29) is 12.5 Å². The van der Waals surface area contributed by atoms with Gasteiger partial charge in [-0.1, -0.05) is 42.1 Å². The quantitative estimate of drug-likeness (QED) is 0.377. The average molecular weight is 417 g/mol. The van der Waals surface area contributed by atoms with Crippen LogP contribution < -0.4 is 20.2 Å². The summed E-state index contributed by atoms with van der Waals surface area (Å²) in [4.78, 5) is 14.8. The van der Waals surface area contributed by atoms with Gasteiger partial charge in [-0.2, -0.15) is 5.10 Å². The third-order valence-electron chi connectivity index (χ3n) is 4.91. The van der Waals surface area contributed by atoms with Crippen molar-refractivity contribution >= 4 is 34.8 Å². The number of hydrazone groups is 1. The molecule has 2 heterocycles. The van der Waals surface area contributed by atoms with Gasteiger partial charge in [-0.05, 0) is 48.9 Å². The van der Waals surface area contributed by atoms with Crippen molar-refractivity contribution in [2.45, 2.75) is 22.8 Å². The molecule has 0 saturated carbocycles. The van der Waals surface area contributed by atoms with Crippen LogP contribution in [0.5, 0.6) is 11.5 Å². The van der Waals surface area contributed by atoms with E-state index in [2.05, 4.69) is 34.0 Å². The molecule has 0 bridgehead atoms. The molecule has 0 radical (unpaired) electrons. The Morgan fingerprint density at radius 2 is 1.80 bits per heavy atom. The van der Waals surface area contributed by atoms with Crippen molar-refractivity contribution in [1.82, 2.24) is 5.43 Å². The maximum atomic E-state index is 12.5. The molecular weight excluding hydrogens is 398 g/mol. The Bertz CT molecular complexity index is 1160. The lowest BCUT2D eigenvalue weighted by atomic mass is 10.1. The summed E-state index contributed by atoms with van der Waals surface area (Å²) in [6.07, 6.45) is -0.741. The van der Waals surface area contributed by atoms with Gasteiger partial charge in [0.25, 0.3) is 5.91 Å². The van der Waals surface area contributed by atoms with E-state index < -0.39 is 6.10 Å². The van der Waals surface area contributed by atoms with Crippen molar-refractivity contribution in [2.24, 2.45) is 5.10 Å². The lowest BCUT2D eigenvalue weighted by Crippen LogP contribution is -2.42. The van der Waals surface area contributed by atoms with Gasteiger partial charge in [0.05, 0.1) is 17.1 Å². The number of hydrogen-bond acceptors (Lipinski definition) is 6. The summed E-state index contributed by atoms with van der Waals surface area (Å²) in [6.45, 7) is 2.01. The lowest BCUT2D eigenvalue weighted by Gasteiger charge is -2.24. The molecule has 5 rings (SSSR count). The molecule has 0 unspecified atom stereocenters. The number of para-hydroxylation sites is 3. The van der Waals surface area contributed by atoms with Crippen LogP contribution >= 0.6 is 11.8 Å². The molecule has 7 heteroatoms. The molecule has 0 aliphatic carbocycles. The van der Waals surface area contributed by atoms with Gasteiger partial charge < -0.3 is 14.8 Å². The third-order valence-corrected chi connectivity index (χ3v) is 6.06. The van der Waals surface area contributed by atoms with E-state index >= 15 is 0 Å². The number of ether oxygens (including phenoxy) is 2. The van der Waals surface area contributed by atoms with Crippen molar-refractivity contribution < 1.29 is 14.3 Å². The van der Waals surface area contributed by atoms with Crippen LogP contribution in [0.1, 0.15) is 12.5 Å². The van der Waals surface area contributed by atoms with E-state index in [1.165, 1.54) is 4.90 Å². The van der Waals surface area contributed by atoms with Crippen molar-refractivity contribution in [1.29, 1.82) is 0 Å². The fraction of sp³-hybridized carbons (Fsp3) is 0.130. The second-order valence-electron chi connectivity index (χ2n) is 6.97. The normalized spacial score (nSPS) is 16.7. The van der Waals surface area contributed by atoms with Gasteiger partial charge in [-0.25, -0.2) is 5.43 Å². The van der Waals surface area contributed by atoms with Gasteiger partial charge in [0.15, 0.2) is 11.5 Å². The summed E-state index contributed by atoms with van der Waals surface area (Å²) in [6, 6.07) is 21.6. The second-order valence-corrected chi connectivity index (χ2v) is 8.06. The largest absolute Gasteiger partial charge is 0.485 e. The van der Waals surface area contributed by atoms with Crippen molar-refractivity contribution in [3.05, 3.63) is 72.3 Å². The van der Waals surface area contributed by atoms with Crippen LogP contribution in [-0.4, -0.2) is 24.3 Å². The first-order valence-electron chi connectivity index (χ1n) is 9.58. The van der Waals surface area contributed by atoms with E-state index in [4.69, 9.17) is 9.47 Å². The molecule has 0 aromatic heterocycles. The van der Waals surface area contributed by atoms with Gasteiger partial charge in [-0.15, -0.1) is 0 Å². The van der Waals surface area contributed by atoms with Crippen LogP contribution in [0, 0.1) is 0 Å². The average Bonchev–Trinajstić information content (AvgIpc) is 2.80. The van der Waals surface area contributed by atoms with E-state index in [0.29, 0.717) is 17.2 Å². The first kappa shape index (κ1) is 18.6. The second kappa shape index (κ2) is 7.76. The van der Waals surface area contributed by atoms with Gasteiger partial charge >= 0.3 is 0 Å². The SMILES string of the molecule is C/C(=N\NC(=O)[C@@H]1COc2ccccc2O1)c1ccc2c(c1)Nc1ccccc1S2. The predicted octanol–water partition coefficient (Wildman–Crippen LogP) is 4.58. The molecule has 150 valence electrons. The molecule has 1 atom stereocenters. The minimum absolute atomic E-state index is 0.150. The van der Waals surface area contributed by atoms with Crippen LogP contribution in [0.4, 0.5) is 11.4 Å². The molecule has 30 heavy (non-hydrogen) atoms. The van der Waals surface area contributed by atoms with Crippen LogP contribution in [0.2, 0.25) is 0 Å². The zero-order chi connectivity index (χ0) is 20.5. The number of anilines is 2. The van der Waals surface area contributed by atoms with E-state index in [1.807, 2.05) is 49.4 Å². The van der Waals surface area contributed by atoms with Crippen LogP contribution in [0.3, 0.4) is 0 Å². The number of fused-ring (bicyclic) bond motifs is 3. The zero-order valence-corrected chi connectivity index (χ0v) is 17.0. The van der Waals surface area contributed by atoms with Gasteiger partial charge in [0.1, 0.15) is 6.61 Å². The number of nitrogens with zero attached hydrogens (tertiary/aromatic N) is 1. The van der Waals surface area contributed by atoms with E-state index in [0.717, 1.165) is 21.8 Å². The third kappa shape index (κ3) is 3.59. The number of amides is 1. The topological polar surface area (TPSA) is 72.0 Å². The minimum atomic E-state index is -0.741. The number of hydrogen-bond donors (Lipinski definition) is 2. The monoisotopic (exact) mass is 417 g/mol. The van der Waals surface area contributed by atoms with Crippen molar-refractivity contribution in [3.8, 4) is 11.5 Å². The van der Waals surface area contributed by atoms with Gasteiger partial charge in [-0.3, -0.25) is 4.79 Å². The molecule has 0 saturated heterocycles. The fourth-order valence-corrected chi connectivity index (χ4v) is 4.26. The smallest absolute Gasteiger partial charge is 0.284 e. The van der Waals surface area contributed by atoms with Crippen LogP contribution in [0.25, 0.3) is 0 Å². The number of rotatable bonds is 3. The standard InChI is InChI=1S/C23H19N3O3S/c1-14(25-26-23(27)20-13-28-18-7-3-4-8-19(18)29-20)15-10-11-22-17(12-15)24-16-6-2-5-9-21(16)30-22/h2-12,20,24H,13H2,1H3,(H,26,27)/b25-14+/t20-/m0/s1. The first-order chi connectivity index (χ1) is 14.7. The van der Waals surface area contributed by atoms with Gasteiger partial charge in [0.2, 0.25) is 6.10 Å². The summed E-state index contributed by atoms with van der Waals surface area (Å²) in [5.41, 5.74) is 6.34. The summed E-state index contributed by atoms with van der Waals surface area (Å²) >= 11 is 1.73. The highest BCUT2D eigenvalue weighted by molar-refractivity contribution is 7.99. The molecule has 2 aliphatic heterocycles. The highest BCUT2D eigenvalue weighted by Gasteiger charge is 2.27.